The molecule has 3 fully saturated rings. The number of carbonyl (C=O) groups excluding carboxylic acids is 2. The Labute approximate surface area is 183 Å². The van der Waals surface area contributed by atoms with Crippen molar-refractivity contribution in [1.29, 1.82) is 0 Å². The largest absolute Gasteiger partial charge is 0.343 e. The zero-order valence-corrected chi connectivity index (χ0v) is 18.2. The molecule has 162 valence electrons. The fourth-order valence-corrected chi connectivity index (χ4v) is 5.07. The fourth-order valence-electron chi connectivity index (χ4n) is 5.07. The number of urea groups is 1. The van der Waals surface area contributed by atoms with Gasteiger partial charge in [-0.2, -0.15) is 0 Å². The Balaban J connectivity index is 1.46. The van der Waals surface area contributed by atoms with E-state index in [9.17, 15) is 9.59 Å². The van der Waals surface area contributed by atoms with Gasteiger partial charge in [-0.3, -0.25) is 19.9 Å². The van der Waals surface area contributed by atoms with Crippen LogP contribution in [-0.4, -0.2) is 65.3 Å². The molecule has 4 unspecified atom stereocenters. The van der Waals surface area contributed by atoms with Gasteiger partial charge < -0.3 is 9.80 Å². The number of hydrogen-bond donors (Lipinski definition) is 1. The average Bonchev–Trinajstić information content (AvgIpc) is 3.15. The number of nitrogens with zero attached hydrogens (tertiary/aromatic N) is 4. The van der Waals surface area contributed by atoms with Crippen LogP contribution in [0.3, 0.4) is 0 Å². The molecule has 0 saturated carbocycles. The van der Waals surface area contributed by atoms with Crippen molar-refractivity contribution in [3.8, 4) is 0 Å². The summed E-state index contributed by atoms with van der Waals surface area (Å²) in [6.45, 7) is 6.30. The Kier molecular flexibility index (Phi) is 4.95. The molecule has 3 aliphatic heterocycles. The second-order valence-electron chi connectivity index (χ2n) is 9.02. The Hall–Kier alpha value is -2.90. The first kappa shape index (κ1) is 20.0. The summed E-state index contributed by atoms with van der Waals surface area (Å²) in [5.41, 5.74) is 3.29. The first-order valence-electron chi connectivity index (χ1n) is 10.9. The van der Waals surface area contributed by atoms with Crippen LogP contribution in [0.4, 0.5) is 10.5 Å². The Morgan fingerprint density at radius 2 is 1.71 bits per heavy atom. The lowest BCUT2D eigenvalue weighted by molar-refractivity contribution is -0.139. The van der Waals surface area contributed by atoms with Crippen LogP contribution in [0, 0.1) is 12.8 Å². The lowest BCUT2D eigenvalue weighted by Crippen LogP contribution is -2.66. The number of anilines is 1. The van der Waals surface area contributed by atoms with E-state index >= 15 is 0 Å². The molecule has 5 rings (SSSR count). The van der Waals surface area contributed by atoms with Crippen molar-refractivity contribution in [3.05, 3.63) is 65.7 Å². The predicted octanol–water partition coefficient (Wildman–Crippen LogP) is 2.43. The van der Waals surface area contributed by atoms with Gasteiger partial charge in [-0.25, -0.2) is 4.79 Å². The molecule has 0 aromatic heterocycles. The van der Waals surface area contributed by atoms with Crippen molar-refractivity contribution >= 4 is 17.6 Å². The summed E-state index contributed by atoms with van der Waals surface area (Å²) in [4.78, 5) is 34.3. The van der Waals surface area contributed by atoms with Gasteiger partial charge in [0.15, 0.2) is 0 Å². The summed E-state index contributed by atoms with van der Waals surface area (Å²) < 4.78 is 0. The molecule has 7 heteroatoms. The van der Waals surface area contributed by atoms with Gasteiger partial charge in [0.25, 0.3) is 5.91 Å². The van der Waals surface area contributed by atoms with Gasteiger partial charge in [0.2, 0.25) is 0 Å². The molecule has 3 saturated heterocycles. The number of imide groups is 1. The molecule has 3 heterocycles. The van der Waals surface area contributed by atoms with Gasteiger partial charge in [-0.1, -0.05) is 55.0 Å². The van der Waals surface area contributed by atoms with Gasteiger partial charge in [0.1, 0.15) is 18.5 Å². The maximum absolute atomic E-state index is 13.6. The molecule has 3 amide bonds. The van der Waals surface area contributed by atoms with E-state index in [-0.39, 0.29) is 24.4 Å². The normalized spacial score (nSPS) is 28.7. The molecule has 31 heavy (non-hydrogen) atoms. The van der Waals surface area contributed by atoms with E-state index in [1.165, 1.54) is 10.5 Å². The number of likely N-dealkylation sites (N-methyl/N-ethyl adjacent to an activating group) is 1. The van der Waals surface area contributed by atoms with Crippen LogP contribution in [0.15, 0.2) is 54.6 Å². The van der Waals surface area contributed by atoms with E-state index in [1.807, 2.05) is 30.3 Å². The quantitative estimate of drug-likeness (QED) is 0.828. The van der Waals surface area contributed by atoms with E-state index < -0.39 is 6.04 Å². The van der Waals surface area contributed by atoms with Crippen LogP contribution in [-0.2, 0) is 11.3 Å². The molecule has 0 radical (unpaired) electrons. The third kappa shape index (κ3) is 3.38. The summed E-state index contributed by atoms with van der Waals surface area (Å²) >= 11 is 0. The smallest absolute Gasteiger partial charge is 0.328 e. The number of carbonyl (C=O) groups is 2. The molecular formula is C24H29N5O2. The number of hydrogen-bond acceptors (Lipinski definition) is 5. The summed E-state index contributed by atoms with van der Waals surface area (Å²) in [6, 6.07) is 17.5. The van der Waals surface area contributed by atoms with Crippen LogP contribution in [0.1, 0.15) is 18.1 Å². The van der Waals surface area contributed by atoms with Crippen LogP contribution >= 0.6 is 0 Å². The zero-order chi connectivity index (χ0) is 21.7. The van der Waals surface area contributed by atoms with Gasteiger partial charge in [0.05, 0.1) is 6.54 Å². The number of fused-ring (bicyclic) bond motifs is 3. The maximum Gasteiger partial charge on any atom is 0.328 e. The highest BCUT2D eigenvalue weighted by Crippen LogP contribution is 2.34. The molecule has 1 N–H and O–H groups in total. The highest BCUT2D eigenvalue weighted by molar-refractivity contribution is 6.00. The summed E-state index contributed by atoms with van der Waals surface area (Å²) in [7, 11) is 1.79. The first-order valence-corrected chi connectivity index (χ1v) is 10.9. The minimum absolute atomic E-state index is 0.120. The number of benzene rings is 2. The molecule has 2 aromatic rings. The van der Waals surface area contributed by atoms with Crippen molar-refractivity contribution in [2.24, 2.45) is 5.92 Å². The highest BCUT2D eigenvalue weighted by Gasteiger charge is 2.56. The van der Waals surface area contributed by atoms with Crippen molar-refractivity contribution < 1.29 is 9.59 Å². The Morgan fingerprint density at radius 1 is 1.00 bits per heavy atom. The second kappa shape index (κ2) is 7.66. The second-order valence-corrected chi connectivity index (χ2v) is 9.02. The van der Waals surface area contributed by atoms with E-state index in [0.717, 1.165) is 24.3 Å². The summed E-state index contributed by atoms with van der Waals surface area (Å²) in [6.07, 6.45) is -0.458. The highest BCUT2D eigenvalue weighted by atomic mass is 16.2. The van der Waals surface area contributed by atoms with Crippen molar-refractivity contribution in [1.82, 2.24) is 20.0 Å². The van der Waals surface area contributed by atoms with Crippen molar-refractivity contribution in [2.45, 2.75) is 38.9 Å². The fraction of sp³-hybridized carbons (Fsp3) is 0.417. The topological polar surface area (TPSA) is 59.1 Å². The van der Waals surface area contributed by atoms with E-state index in [4.69, 9.17) is 0 Å². The minimum atomic E-state index is -0.396. The third-order valence-corrected chi connectivity index (χ3v) is 6.63. The number of amides is 3. The molecular weight excluding hydrogens is 390 g/mol. The molecule has 3 aliphatic rings. The average molecular weight is 420 g/mol. The molecule has 0 bridgehead atoms. The van der Waals surface area contributed by atoms with Gasteiger partial charge >= 0.3 is 6.03 Å². The SMILES string of the molecule is Cc1ccc(N2CC(C)CN3C4C(=O)N(Cc5ccccc5)C(=O)N(C)C4NC23)cc1. The molecule has 0 spiro atoms. The predicted molar refractivity (Wildman–Crippen MR) is 119 cm³/mol. The van der Waals surface area contributed by atoms with Crippen LogP contribution < -0.4 is 10.2 Å². The number of rotatable bonds is 3. The number of aryl methyl sites for hydroxylation is 1. The first-order chi connectivity index (χ1) is 14.9. The summed E-state index contributed by atoms with van der Waals surface area (Å²) in [5.74, 6) is 0.279. The van der Waals surface area contributed by atoms with Crippen molar-refractivity contribution in [3.63, 3.8) is 0 Å². The minimum Gasteiger partial charge on any atom is -0.343 e. The van der Waals surface area contributed by atoms with Crippen molar-refractivity contribution in [2.75, 3.05) is 25.0 Å². The number of nitrogens with one attached hydrogen (secondary N) is 1. The zero-order valence-electron chi connectivity index (χ0n) is 18.2. The lowest BCUT2D eigenvalue weighted by Gasteiger charge is -2.46. The monoisotopic (exact) mass is 419 g/mol. The van der Waals surface area contributed by atoms with Gasteiger partial charge in [-0.05, 0) is 30.5 Å². The van der Waals surface area contributed by atoms with Crippen LogP contribution in [0.2, 0.25) is 0 Å². The van der Waals surface area contributed by atoms with Crippen LogP contribution in [0.25, 0.3) is 0 Å². The Morgan fingerprint density at radius 3 is 2.42 bits per heavy atom. The molecule has 2 aromatic carbocycles. The standard InChI is InChI=1S/C24H29N5O2/c1-16-9-11-19(12-10-16)27-13-17(2)14-28-20-21(25-23(27)28)26(3)24(31)29(22(20)30)15-18-7-5-4-6-8-18/h4-12,17,20-21,23,25H,13-15H2,1-3H3. The Bertz CT molecular complexity index is 979. The van der Waals surface area contributed by atoms with Gasteiger partial charge in [-0.15, -0.1) is 0 Å². The van der Waals surface area contributed by atoms with E-state index in [1.54, 1.807) is 11.9 Å². The van der Waals surface area contributed by atoms with E-state index in [2.05, 4.69) is 53.2 Å². The third-order valence-electron chi connectivity index (χ3n) is 6.63. The molecule has 7 nitrogen and oxygen atoms in total. The molecule has 0 aliphatic carbocycles. The maximum atomic E-state index is 13.6. The van der Waals surface area contributed by atoms with Crippen LogP contribution in [0.5, 0.6) is 0 Å². The van der Waals surface area contributed by atoms with Gasteiger partial charge in [0, 0.05) is 25.8 Å². The van der Waals surface area contributed by atoms with E-state index in [0.29, 0.717) is 12.5 Å². The summed E-state index contributed by atoms with van der Waals surface area (Å²) in [5, 5.41) is 3.58. The molecule has 4 atom stereocenters. The lowest BCUT2D eigenvalue weighted by atomic mass is 10.0.